The third-order valence-electron chi connectivity index (χ3n) is 1.07. The maximum atomic E-state index is 10.6. The predicted molar refractivity (Wildman–Crippen MR) is 42.4 cm³/mol. The first-order valence-electron chi connectivity index (χ1n) is 3.16. The van der Waals surface area contributed by atoms with Crippen molar-refractivity contribution in [3.05, 3.63) is 6.33 Å². The minimum atomic E-state index is 0.151. The molecule has 0 aromatic carbocycles. The van der Waals surface area contributed by atoms with Gasteiger partial charge in [0, 0.05) is 7.05 Å². The molecule has 0 fully saturated rings. The molecule has 0 saturated heterocycles. The second-order valence-electron chi connectivity index (χ2n) is 2.16. The Labute approximate surface area is 69.0 Å². The summed E-state index contributed by atoms with van der Waals surface area (Å²) in [6.45, 7) is 1.56. The lowest BCUT2D eigenvalue weighted by molar-refractivity contribution is -0.114. The van der Waals surface area contributed by atoms with Crippen LogP contribution in [0.5, 0.6) is 0 Å². The van der Waals surface area contributed by atoms with Crippen LogP contribution in [0.15, 0.2) is 11.5 Å². The number of hydrogen-bond acceptors (Lipinski definition) is 4. The zero-order valence-electron chi connectivity index (χ0n) is 6.44. The molecule has 0 unspecified atom stereocenters. The van der Waals surface area contributed by atoms with E-state index in [9.17, 15) is 4.79 Å². The van der Waals surface area contributed by atoms with Crippen LogP contribution < -0.4 is 0 Å². The number of rotatable bonds is 3. The Hall–Kier alpha value is -0.840. The van der Waals surface area contributed by atoms with E-state index in [2.05, 4.69) is 10.1 Å². The van der Waals surface area contributed by atoms with Crippen molar-refractivity contribution in [3.63, 3.8) is 0 Å². The van der Waals surface area contributed by atoms with E-state index in [-0.39, 0.29) is 5.78 Å². The summed E-state index contributed by atoms with van der Waals surface area (Å²) >= 11 is 1.40. The first-order chi connectivity index (χ1) is 5.20. The van der Waals surface area contributed by atoms with Gasteiger partial charge in [-0.2, -0.15) is 5.10 Å². The Kier molecular flexibility index (Phi) is 2.64. The monoisotopic (exact) mass is 171 g/mol. The lowest BCUT2D eigenvalue weighted by Crippen LogP contribution is -1.97. The van der Waals surface area contributed by atoms with Gasteiger partial charge in [0.15, 0.2) is 5.16 Å². The van der Waals surface area contributed by atoms with Gasteiger partial charge in [0.05, 0.1) is 5.75 Å². The number of ketones is 1. The molecular formula is C6H9N3OS. The Bertz CT molecular complexity index is 258. The molecule has 0 N–H and O–H groups in total. The molecule has 60 valence electrons. The maximum absolute atomic E-state index is 10.6. The molecule has 11 heavy (non-hydrogen) atoms. The summed E-state index contributed by atoms with van der Waals surface area (Å²) < 4.78 is 1.65. The summed E-state index contributed by atoms with van der Waals surface area (Å²) in [6.07, 6.45) is 1.47. The molecule has 1 aromatic heterocycles. The number of aromatic nitrogens is 3. The third kappa shape index (κ3) is 2.34. The number of carbonyl (C=O) groups excluding carboxylic acids is 1. The summed E-state index contributed by atoms with van der Waals surface area (Å²) in [6, 6.07) is 0. The lowest BCUT2D eigenvalue weighted by atomic mass is 10.5. The fourth-order valence-electron chi connectivity index (χ4n) is 0.582. The van der Waals surface area contributed by atoms with E-state index in [4.69, 9.17) is 0 Å². The number of hydrogen-bond donors (Lipinski definition) is 0. The Balaban J connectivity index is 2.51. The second kappa shape index (κ2) is 3.52. The van der Waals surface area contributed by atoms with Gasteiger partial charge in [0.2, 0.25) is 0 Å². The first kappa shape index (κ1) is 8.26. The molecule has 4 nitrogen and oxygen atoms in total. The van der Waals surface area contributed by atoms with Gasteiger partial charge < -0.3 is 0 Å². The van der Waals surface area contributed by atoms with Gasteiger partial charge in [0.1, 0.15) is 12.1 Å². The predicted octanol–water partition coefficient (Wildman–Crippen LogP) is 0.496. The van der Waals surface area contributed by atoms with Gasteiger partial charge in [-0.3, -0.25) is 4.79 Å². The van der Waals surface area contributed by atoms with Crippen LogP contribution in [-0.4, -0.2) is 26.3 Å². The average molecular weight is 171 g/mol. The Morgan fingerprint density at radius 1 is 1.82 bits per heavy atom. The highest BCUT2D eigenvalue weighted by Crippen LogP contribution is 2.12. The molecule has 0 aliphatic rings. The van der Waals surface area contributed by atoms with E-state index >= 15 is 0 Å². The summed E-state index contributed by atoms with van der Waals surface area (Å²) in [5, 5.41) is 4.65. The topological polar surface area (TPSA) is 47.8 Å². The number of nitrogens with zero attached hydrogens (tertiary/aromatic N) is 3. The highest BCUT2D eigenvalue weighted by molar-refractivity contribution is 7.99. The molecule has 0 bridgehead atoms. The maximum Gasteiger partial charge on any atom is 0.186 e. The quantitative estimate of drug-likeness (QED) is 0.621. The number of thioether (sulfide) groups is 1. The molecule has 0 aliphatic carbocycles. The zero-order valence-corrected chi connectivity index (χ0v) is 7.26. The van der Waals surface area contributed by atoms with Crippen molar-refractivity contribution in [1.82, 2.24) is 14.8 Å². The summed E-state index contributed by atoms with van der Waals surface area (Å²) in [5.74, 6) is 0.616. The van der Waals surface area contributed by atoms with Crippen LogP contribution in [0.2, 0.25) is 0 Å². The van der Waals surface area contributed by atoms with Gasteiger partial charge in [-0.1, -0.05) is 11.8 Å². The van der Waals surface area contributed by atoms with Crippen molar-refractivity contribution in [2.24, 2.45) is 7.05 Å². The molecule has 1 rings (SSSR count). The molecule has 1 heterocycles. The summed E-state index contributed by atoms with van der Waals surface area (Å²) in [4.78, 5) is 14.5. The average Bonchev–Trinajstić information content (AvgIpc) is 2.31. The van der Waals surface area contributed by atoms with Gasteiger partial charge in [-0.15, -0.1) is 0 Å². The largest absolute Gasteiger partial charge is 0.299 e. The Morgan fingerprint density at radius 3 is 3.00 bits per heavy atom. The molecule has 0 spiro atoms. The van der Waals surface area contributed by atoms with Crippen molar-refractivity contribution in [3.8, 4) is 0 Å². The van der Waals surface area contributed by atoms with Crippen molar-refractivity contribution in [1.29, 1.82) is 0 Å². The minimum Gasteiger partial charge on any atom is -0.299 e. The lowest BCUT2D eigenvalue weighted by Gasteiger charge is -1.95. The SMILES string of the molecule is CC(=O)CSc1ncnn1C. The normalized spacial score (nSPS) is 10.0. The summed E-state index contributed by atoms with van der Waals surface area (Å²) in [5.41, 5.74) is 0. The smallest absolute Gasteiger partial charge is 0.186 e. The molecule has 5 heteroatoms. The fraction of sp³-hybridized carbons (Fsp3) is 0.500. The highest BCUT2D eigenvalue weighted by atomic mass is 32.2. The van der Waals surface area contributed by atoms with E-state index in [0.717, 1.165) is 5.16 Å². The van der Waals surface area contributed by atoms with Gasteiger partial charge in [-0.25, -0.2) is 9.67 Å². The highest BCUT2D eigenvalue weighted by Gasteiger charge is 2.01. The first-order valence-corrected chi connectivity index (χ1v) is 4.15. The molecular weight excluding hydrogens is 162 g/mol. The van der Waals surface area contributed by atoms with Crippen LogP contribution in [0, 0.1) is 0 Å². The van der Waals surface area contributed by atoms with Gasteiger partial charge >= 0.3 is 0 Å². The van der Waals surface area contributed by atoms with Crippen LogP contribution in [0.25, 0.3) is 0 Å². The molecule has 0 amide bonds. The molecule has 0 radical (unpaired) electrons. The van der Waals surface area contributed by atoms with Crippen LogP contribution in [0.4, 0.5) is 0 Å². The minimum absolute atomic E-state index is 0.151. The van der Waals surface area contributed by atoms with Gasteiger partial charge in [0.25, 0.3) is 0 Å². The van der Waals surface area contributed by atoms with Crippen molar-refractivity contribution in [2.45, 2.75) is 12.1 Å². The standard InChI is InChI=1S/C6H9N3OS/c1-5(10)3-11-6-7-4-8-9(6)2/h4H,3H2,1-2H3. The van der Waals surface area contributed by atoms with Crippen molar-refractivity contribution >= 4 is 17.5 Å². The fourth-order valence-corrected chi connectivity index (χ4v) is 1.27. The number of carbonyl (C=O) groups is 1. The molecule has 1 aromatic rings. The van der Waals surface area contributed by atoms with E-state index in [1.165, 1.54) is 18.1 Å². The Morgan fingerprint density at radius 2 is 2.55 bits per heavy atom. The van der Waals surface area contributed by atoms with Gasteiger partial charge in [-0.05, 0) is 6.92 Å². The number of aryl methyl sites for hydroxylation is 1. The van der Waals surface area contributed by atoms with Crippen molar-refractivity contribution in [2.75, 3.05) is 5.75 Å². The summed E-state index contributed by atoms with van der Waals surface area (Å²) in [7, 11) is 1.80. The van der Waals surface area contributed by atoms with Crippen LogP contribution in [-0.2, 0) is 11.8 Å². The van der Waals surface area contributed by atoms with Crippen LogP contribution >= 0.6 is 11.8 Å². The molecule has 0 aliphatic heterocycles. The zero-order chi connectivity index (χ0) is 8.27. The van der Waals surface area contributed by atoms with E-state index in [0.29, 0.717) is 5.75 Å². The third-order valence-corrected chi connectivity index (χ3v) is 2.25. The van der Waals surface area contributed by atoms with E-state index < -0.39 is 0 Å². The van der Waals surface area contributed by atoms with Crippen LogP contribution in [0.3, 0.4) is 0 Å². The van der Waals surface area contributed by atoms with E-state index in [1.807, 2.05) is 0 Å². The molecule has 0 atom stereocenters. The second-order valence-corrected chi connectivity index (χ2v) is 3.10. The molecule has 0 saturated carbocycles. The van der Waals surface area contributed by atoms with E-state index in [1.54, 1.807) is 18.7 Å². The van der Waals surface area contributed by atoms with Crippen molar-refractivity contribution < 1.29 is 4.79 Å². The van der Waals surface area contributed by atoms with Crippen LogP contribution in [0.1, 0.15) is 6.92 Å². The number of Topliss-reactive ketones (excluding diaryl/α,β-unsaturated/α-hetero) is 1.